The maximum atomic E-state index is 13.5. The number of carbonyl (C=O) groups excluding carboxylic acids is 1. The first-order chi connectivity index (χ1) is 12.0. The fourth-order valence-electron chi connectivity index (χ4n) is 3.30. The Kier molecular flexibility index (Phi) is 5.31. The molecule has 1 aromatic heterocycles. The van der Waals surface area contributed by atoms with Crippen molar-refractivity contribution in [3.05, 3.63) is 42.0 Å². The van der Waals surface area contributed by atoms with Gasteiger partial charge in [0.05, 0.1) is 6.20 Å². The van der Waals surface area contributed by atoms with Crippen LogP contribution in [0.2, 0.25) is 0 Å². The molecule has 7 heteroatoms. The van der Waals surface area contributed by atoms with Crippen LogP contribution in [0.25, 0.3) is 0 Å². The van der Waals surface area contributed by atoms with Gasteiger partial charge >= 0.3 is 0 Å². The number of amides is 1. The van der Waals surface area contributed by atoms with Crippen molar-refractivity contribution in [1.82, 2.24) is 19.9 Å². The molecule has 1 amide bonds. The van der Waals surface area contributed by atoms with Crippen molar-refractivity contribution in [2.75, 3.05) is 13.1 Å². The third kappa shape index (κ3) is 4.55. The summed E-state index contributed by atoms with van der Waals surface area (Å²) in [6.45, 7) is 6.19. The summed E-state index contributed by atoms with van der Waals surface area (Å²) in [5.41, 5.74) is 0.552. The van der Waals surface area contributed by atoms with Crippen molar-refractivity contribution in [3.8, 4) is 5.75 Å². The summed E-state index contributed by atoms with van der Waals surface area (Å²) >= 11 is 0. The Morgan fingerprint density at radius 3 is 2.72 bits per heavy atom. The fourth-order valence-corrected chi connectivity index (χ4v) is 3.30. The quantitative estimate of drug-likeness (QED) is 0.835. The van der Waals surface area contributed by atoms with Crippen molar-refractivity contribution in [3.63, 3.8) is 0 Å². The van der Waals surface area contributed by atoms with Crippen LogP contribution in [0.5, 0.6) is 5.75 Å². The van der Waals surface area contributed by atoms with Crippen LogP contribution in [-0.2, 0) is 17.9 Å². The second-order valence-electron chi connectivity index (χ2n) is 6.87. The molecule has 1 aliphatic heterocycles. The average molecular weight is 346 g/mol. The zero-order valence-corrected chi connectivity index (χ0v) is 14.6. The van der Waals surface area contributed by atoms with E-state index >= 15 is 0 Å². The van der Waals surface area contributed by atoms with Crippen molar-refractivity contribution < 1.29 is 13.9 Å². The number of benzene rings is 1. The number of halogens is 1. The number of para-hydroxylation sites is 1. The van der Waals surface area contributed by atoms with Crippen molar-refractivity contribution >= 4 is 5.91 Å². The lowest BCUT2D eigenvalue weighted by Gasteiger charge is -2.34. The van der Waals surface area contributed by atoms with E-state index in [4.69, 9.17) is 4.74 Å². The number of aromatic nitrogens is 3. The van der Waals surface area contributed by atoms with E-state index in [1.54, 1.807) is 24.4 Å². The zero-order valence-electron chi connectivity index (χ0n) is 14.6. The van der Waals surface area contributed by atoms with Gasteiger partial charge in [-0.1, -0.05) is 31.2 Å². The lowest BCUT2D eigenvalue weighted by molar-refractivity contribution is -0.134. The molecular formula is C18H23FN4O2. The third-order valence-corrected chi connectivity index (χ3v) is 4.32. The molecule has 1 aliphatic rings. The molecule has 0 bridgehead atoms. The fraction of sp³-hybridized carbons (Fsp3) is 0.500. The number of likely N-dealkylation sites (tertiary alicyclic amines) is 1. The van der Waals surface area contributed by atoms with Crippen LogP contribution in [0.4, 0.5) is 4.39 Å². The van der Waals surface area contributed by atoms with Gasteiger partial charge in [-0.2, -0.15) is 0 Å². The van der Waals surface area contributed by atoms with E-state index < -0.39 is 5.82 Å². The van der Waals surface area contributed by atoms with Crippen LogP contribution in [-0.4, -0.2) is 38.9 Å². The Morgan fingerprint density at radius 2 is 2.00 bits per heavy atom. The van der Waals surface area contributed by atoms with Gasteiger partial charge in [0, 0.05) is 13.1 Å². The monoisotopic (exact) mass is 346 g/mol. The summed E-state index contributed by atoms with van der Waals surface area (Å²) in [4.78, 5) is 14.3. The van der Waals surface area contributed by atoms with Gasteiger partial charge in [-0.3, -0.25) is 4.79 Å². The molecule has 25 heavy (non-hydrogen) atoms. The second kappa shape index (κ2) is 7.63. The minimum Gasteiger partial charge on any atom is -0.484 e. The molecule has 0 saturated carbocycles. The molecular weight excluding hydrogens is 323 g/mol. The summed E-state index contributed by atoms with van der Waals surface area (Å²) in [7, 11) is 0. The molecule has 0 aliphatic carbocycles. The van der Waals surface area contributed by atoms with E-state index in [1.807, 2.05) is 4.90 Å². The molecule has 2 atom stereocenters. The molecule has 134 valence electrons. The number of rotatable bonds is 5. The lowest BCUT2D eigenvalue weighted by Crippen LogP contribution is -2.44. The first-order valence-electron chi connectivity index (χ1n) is 8.55. The number of piperidine rings is 1. The Hall–Kier alpha value is -2.44. The first kappa shape index (κ1) is 17.4. The van der Waals surface area contributed by atoms with E-state index in [1.165, 1.54) is 10.7 Å². The van der Waals surface area contributed by atoms with Crippen molar-refractivity contribution in [2.24, 2.45) is 11.8 Å². The van der Waals surface area contributed by atoms with Gasteiger partial charge in [0.15, 0.2) is 11.6 Å². The average Bonchev–Trinajstić information content (AvgIpc) is 3.00. The summed E-state index contributed by atoms with van der Waals surface area (Å²) in [5, 5.41) is 7.95. The summed E-state index contributed by atoms with van der Waals surface area (Å²) in [6, 6.07) is 6.20. The van der Waals surface area contributed by atoms with Crippen LogP contribution in [0.3, 0.4) is 0 Å². The van der Waals surface area contributed by atoms with E-state index in [9.17, 15) is 9.18 Å². The highest BCUT2D eigenvalue weighted by atomic mass is 19.1. The zero-order chi connectivity index (χ0) is 17.8. The van der Waals surface area contributed by atoms with Gasteiger partial charge < -0.3 is 9.64 Å². The first-order valence-corrected chi connectivity index (χ1v) is 8.55. The Balaban J connectivity index is 1.54. The molecule has 3 rings (SSSR count). The molecule has 6 nitrogen and oxygen atoms in total. The number of ether oxygens (including phenoxy) is 1. The maximum Gasteiger partial charge on any atom is 0.244 e. The molecule has 2 heterocycles. The summed E-state index contributed by atoms with van der Waals surface area (Å²) in [6.07, 6.45) is 2.82. The smallest absolute Gasteiger partial charge is 0.244 e. The van der Waals surface area contributed by atoms with Crippen molar-refractivity contribution in [2.45, 2.75) is 33.4 Å². The number of carbonyl (C=O) groups is 1. The highest BCUT2D eigenvalue weighted by molar-refractivity contribution is 5.76. The van der Waals surface area contributed by atoms with Gasteiger partial charge in [-0.25, -0.2) is 9.07 Å². The van der Waals surface area contributed by atoms with E-state index in [2.05, 4.69) is 24.2 Å². The molecule has 1 aromatic carbocycles. The van der Waals surface area contributed by atoms with Crippen LogP contribution < -0.4 is 4.74 Å². The standard InChI is InChI=1S/C18H23FN4O2/c1-13-7-14(2)9-22(8-13)18(24)11-23-10-15(20-21-23)12-25-17-6-4-3-5-16(17)19/h3-6,10,13-14H,7-9,11-12H2,1-2H3. The van der Waals surface area contributed by atoms with Gasteiger partial charge in [-0.15, -0.1) is 5.10 Å². The Bertz CT molecular complexity index is 723. The summed E-state index contributed by atoms with van der Waals surface area (Å²) < 4.78 is 20.4. The van der Waals surface area contributed by atoms with Gasteiger partial charge in [0.2, 0.25) is 5.91 Å². The Morgan fingerprint density at radius 1 is 1.28 bits per heavy atom. The number of hydrogen-bond donors (Lipinski definition) is 0. The topological polar surface area (TPSA) is 60.2 Å². The predicted octanol–water partition coefficient (Wildman–Crippen LogP) is 2.50. The van der Waals surface area contributed by atoms with Gasteiger partial charge in [0.25, 0.3) is 0 Å². The minimum absolute atomic E-state index is 0.0462. The highest BCUT2D eigenvalue weighted by Gasteiger charge is 2.25. The molecule has 2 aromatic rings. The van der Waals surface area contributed by atoms with E-state index in [0.717, 1.165) is 19.5 Å². The van der Waals surface area contributed by atoms with E-state index in [-0.39, 0.29) is 24.8 Å². The molecule has 0 N–H and O–H groups in total. The van der Waals surface area contributed by atoms with Gasteiger partial charge in [-0.05, 0) is 30.4 Å². The summed E-state index contributed by atoms with van der Waals surface area (Å²) in [5.74, 6) is 0.842. The maximum absolute atomic E-state index is 13.5. The molecule has 0 radical (unpaired) electrons. The molecule has 0 spiro atoms. The third-order valence-electron chi connectivity index (χ3n) is 4.32. The minimum atomic E-state index is -0.418. The van der Waals surface area contributed by atoms with Crippen LogP contribution in [0, 0.1) is 17.7 Å². The van der Waals surface area contributed by atoms with Crippen molar-refractivity contribution in [1.29, 1.82) is 0 Å². The molecule has 1 fully saturated rings. The van der Waals surface area contributed by atoms with Crippen LogP contribution >= 0.6 is 0 Å². The molecule has 2 unspecified atom stereocenters. The largest absolute Gasteiger partial charge is 0.484 e. The number of hydrogen-bond acceptors (Lipinski definition) is 4. The SMILES string of the molecule is CC1CC(C)CN(C(=O)Cn2cc(COc3ccccc3F)nn2)C1. The van der Waals surface area contributed by atoms with Gasteiger partial charge in [0.1, 0.15) is 18.8 Å². The van der Waals surface area contributed by atoms with Crippen LogP contribution in [0.1, 0.15) is 26.0 Å². The van der Waals surface area contributed by atoms with Crippen LogP contribution in [0.15, 0.2) is 30.5 Å². The predicted molar refractivity (Wildman–Crippen MR) is 90.3 cm³/mol. The molecule has 1 saturated heterocycles. The second-order valence-corrected chi connectivity index (χ2v) is 6.87. The normalized spacial score (nSPS) is 20.5. The lowest BCUT2D eigenvalue weighted by atomic mass is 9.92. The number of nitrogens with zero attached hydrogens (tertiary/aromatic N) is 4. The Labute approximate surface area is 146 Å². The highest BCUT2D eigenvalue weighted by Crippen LogP contribution is 2.21. The van der Waals surface area contributed by atoms with E-state index in [0.29, 0.717) is 17.5 Å².